The molecule has 7 nitrogen and oxygen atoms in total. The topological polar surface area (TPSA) is 82.4 Å². The van der Waals surface area contributed by atoms with Gasteiger partial charge in [0.15, 0.2) is 0 Å². The maximum atomic E-state index is 13.1. The smallest absolute Gasteiger partial charge is 0.410 e. The van der Waals surface area contributed by atoms with Crippen LogP contribution in [-0.4, -0.2) is 77.0 Å². The number of rotatable bonds is 4. The highest BCUT2D eigenvalue weighted by atomic mass is 16.6. The monoisotopic (exact) mass is 497 g/mol. The van der Waals surface area contributed by atoms with Crippen molar-refractivity contribution in [2.24, 2.45) is 44.9 Å². The highest BCUT2D eigenvalue weighted by Crippen LogP contribution is 2.86. The number of amides is 1. The predicted molar refractivity (Wildman–Crippen MR) is 136 cm³/mol. The Morgan fingerprint density at radius 3 is 2.47 bits per heavy atom. The van der Waals surface area contributed by atoms with E-state index >= 15 is 0 Å². The molecule has 4 saturated carbocycles. The summed E-state index contributed by atoms with van der Waals surface area (Å²) in [5.41, 5.74) is -0.637. The number of piperidine rings is 1. The van der Waals surface area contributed by atoms with Crippen molar-refractivity contribution in [1.29, 1.82) is 0 Å². The van der Waals surface area contributed by atoms with Crippen LogP contribution in [0.3, 0.4) is 0 Å². The van der Waals surface area contributed by atoms with Crippen molar-refractivity contribution in [2.45, 2.75) is 90.2 Å². The van der Waals surface area contributed by atoms with E-state index in [0.717, 1.165) is 18.8 Å². The van der Waals surface area contributed by atoms with Crippen LogP contribution in [0.15, 0.2) is 4.99 Å². The molecule has 1 spiro atoms. The number of fused-ring (bicyclic) bond motifs is 3. The van der Waals surface area contributed by atoms with Crippen molar-refractivity contribution < 1.29 is 19.4 Å². The number of carbonyl (C=O) groups excluding carboxylic acids is 1. The number of carboxylic acid groups (broad SMARTS) is 1. The van der Waals surface area contributed by atoms with E-state index in [-0.39, 0.29) is 18.1 Å². The van der Waals surface area contributed by atoms with Crippen LogP contribution in [0.4, 0.5) is 4.79 Å². The van der Waals surface area contributed by atoms with E-state index in [9.17, 15) is 14.7 Å². The molecule has 4 aliphatic carbocycles. The van der Waals surface area contributed by atoms with Gasteiger partial charge in [0.1, 0.15) is 5.60 Å². The largest absolute Gasteiger partial charge is 0.481 e. The molecule has 3 aliphatic heterocycles. The molecule has 0 aromatic heterocycles. The van der Waals surface area contributed by atoms with Crippen molar-refractivity contribution in [3.05, 3.63) is 0 Å². The zero-order valence-electron chi connectivity index (χ0n) is 22.3. The molecule has 0 radical (unpaired) electrons. The molecule has 36 heavy (non-hydrogen) atoms. The highest BCUT2D eigenvalue weighted by Gasteiger charge is 2.87. The molecule has 6 unspecified atom stereocenters. The number of nitrogens with zero attached hydrogens (tertiary/aromatic N) is 3. The van der Waals surface area contributed by atoms with E-state index in [1.54, 1.807) is 4.90 Å². The minimum absolute atomic E-state index is 0.131. The van der Waals surface area contributed by atoms with Crippen LogP contribution in [-0.2, 0) is 9.53 Å². The number of aliphatic carboxylic acids is 1. The Balaban J connectivity index is 1.22. The van der Waals surface area contributed by atoms with Crippen molar-refractivity contribution in [3.8, 4) is 0 Å². The standard InChI is InChI=1S/C29H43N3O4/c1-26(2,3)36-25(35)32-16-27(9-10-28(27,17-32)24(33)34)23-29-14-20(29)22(29)19(13-18-7-8-21(18)30-23)15-31-11-5-4-6-12-31/h18-22H,4-17H2,1-3H3,(H,33,34)/t18?,19?,20?,21?,22?,27-,28+,29?/m1/s1. The first-order chi connectivity index (χ1) is 17.1. The Labute approximate surface area is 215 Å². The fourth-order valence-corrected chi connectivity index (χ4v) is 9.34. The molecule has 7 rings (SSSR count). The second-order valence-electron chi connectivity index (χ2n) is 14.4. The quantitative estimate of drug-likeness (QED) is 0.621. The van der Waals surface area contributed by atoms with Gasteiger partial charge in [-0.15, -0.1) is 0 Å². The van der Waals surface area contributed by atoms with E-state index in [2.05, 4.69) is 4.90 Å². The van der Waals surface area contributed by atoms with E-state index in [1.165, 1.54) is 63.9 Å². The average molecular weight is 498 g/mol. The van der Waals surface area contributed by atoms with E-state index in [0.29, 0.717) is 36.8 Å². The van der Waals surface area contributed by atoms with Gasteiger partial charge in [-0.3, -0.25) is 9.79 Å². The maximum absolute atomic E-state index is 13.1. The van der Waals surface area contributed by atoms with Gasteiger partial charge in [0.2, 0.25) is 0 Å². The molecule has 6 fully saturated rings. The molecule has 0 aromatic rings. The van der Waals surface area contributed by atoms with Crippen molar-refractivity contribution >= 4 is 17.8 Å². The lowest BCUT2D eigenvalue weighted by Crippen LogP contribution is -2.61. The number of aliphatic imine (C=N–C) groups is 1. The van der Waals surface area contributed by atoms with Crippen LogP contribution in [0.25, 0.3) is 0 Å². The fraction of sp³-hybridized carbons (Fsp3) is 0.897. The van der Waals surface area contributed by atoms with Crippen molar-refractivity contribution in [3.63, 3.8) is 0 Å². The molecule has 7 aliphatic rings. The number of carboxylic acids is 1. The van der Waals surface area contributed by atoms with Gasteiger partial charge >= 0.3 is 12.1 Å². The summed E-state index contributed by atoms with van der Waals surface area (Å²) in [6, 6.07) is 0.359. The van der Waals surface area contributed by atoms with Gasteiger partial charge in [-0.25, -0.2) is 4.79 Å². The SMILES string of the molecule is CC(C)(C)OC(=O)N1C[C@]2(C(=O)O)CC[C@]2(C2=NC3CCC3CC(CN3CCCCC3)C3C4CC243)C1. The van der Waals surface area contributed by atoms with Crippen LogP contribution in [0.2, 0.25) is 0 Å². The Bertz CT molecular complexity index is 1010. The number of likely N-dealkylation sites (tertiary alicyclic amines) is 2. The lowest BCUT2D eigenvalue weighted by atomic mass is 9.47. The third-order valence-corrected chi connectivity index (χ3v) is 11.5. The highest BCUT2D eigenvalue weighted by molar-refractivity contribution is 6.07. The minimum Gasteiger partial charge on any atom is -0.481 e. The normalized spacial score (nSPS) is 46.9. The third kappa shape index (κ3) is 3.10. The van der Waals surface area contributed by atoms with Gasteiger partial charge in [-0.05, 0) is 109 Å². The van der Waals surface area contributed by atoms with Gasteiger partial charge in [-0.2, -0.15) is 0 Å². The lowest BCUT2D eigenvalue weighted by Gasteiger charge is -2.54. The summed E-state index contributed by atoms with van der Waals surface area (Å²) in [5, 5.41) is 10.6. The molecule has 198 valence electrons. The van der Waals surface area contributed by atoms with Crippen molar-refractivity contribution in [2.75, 3.05) is 32.7 Å². The van der Waals surface area contributed by atoms with E-state index in [1.807, 2.05) is 20.8 Å². The third-order valence-electron chi connectivity index (χ3n) is 11.5. The first-order valence-electron chi connectivity index (χ1n) is 14.6. The summed E-state index contributed by atoms with van der Waals surface area (Å²) in [6.45, 7) is 10.0. The summed E-state index contributed by atoms with van der Waals surface area (Å²) in [5.74, 6) is 2.01. The zero-order chi connectivity index (χ0) is 25.1. The average Bonchev–Trinajstić information content (AvgIpc) is 3.64. The number of hydrogen-bond acceptors (Lipinski definition) is 5. The van der Waals surface area contributed by atoms with Gasteiger partial charge in [0.25, 0.3) is 0 Å². The minimum atomic E-state index is -0.904. The summed E-state index contributed by atoms with van der Waals surface area (Å²) >= 11 is 0. The second kappa shape index (κ2) is 7.48. The van der Waals surface area contributed by atoms with Crippen molar-refractivity contribution in [1.82, 2.24) is 9.80 Å². The zero-order valence-corrected chi connectivity index (χ0v) is 22.3. The van der Waals surface area contributed by atoms with Gasteiger partial charge in [0, 0.05) is 36.2 Å². The number of ether oxygens (including phenoxy) is 1. The van der Waals surface area contributed by atoms with Gasteiger partial charge < -0.3 is 19.6 Å². The van der Waals surface area contributed by atoms with Crippen LogP contribution in [0, 0.1) is 39.9 Å². The Kier molecular flexibility index (Phi) is 4.88. The van der Waals surface area contributed by atoms with Crippen LogP contribution in [0.5, 0.6) is 0 Å². The summed E-state index contributed by atoms with van der Waals surface area (Å²) in [6.07, 6.45) is 10.0. The molecule has 0 bridgehead atoms. The molecule has 7 heteroatoms. The second-order valence-corrected chi connectivity index (χ2v) is 14.4. The first-order valence-corrected chi connectivity index (χ1v) is 14.6. The number of carbonyl (C=O) groups is 2. The summed E-state index contributed by atoms with van der Waals surface area (Å²) in [4.78, 5) is 36.0. The van der Waals surface area contributed by atoms with Crippen LogP contribution in [0.1, 0.15) is 78.6 Å². The molecule has 3 heterocycles. The van der Waals surface area contributed by atoms with Gasteiger partial charge in [-0.1, -0.05) is 6.42 Å². The molecular weight excluding hydrogens is 454 g/mol. The fourth-order valence-electron chi connectivity index (χ4n) is 9.34. The summed E-state index contributed by atoms with van der Waals surface area (Å²) in [7, 11) is 0. The first kappa shape index (κ1) is 23.5. The molecule has 0 aromatic carbocycles. The molecule has 2 saturated heterocycles. The molecule has 8 atom stereocenters. The van der Waals surface area contributed by atoms with Crippen LogP contribution < -0.4 is 0 Å². The summed E-state index contributed by atoms with van der Waals surface area (Å²) < 4.78 is 5.72. The molecule has 1 N–H and O–H groups in total. The Morgan fingerprint density at radius 2 is 1.89 bits per heavy atom. The molecular formula is C29H43N3O4. The lowest BCUT2D eigenvalue weighted by molar-refractivity contribution is -0.161. The van der Waals surface area contributed by atoms with E-state index in [4.69, 9.17) is 9.73 Å². The maximum Gasteiger partial charge on any atom is 0.410 e. The predicted octanol–water partition coefficient (Wildman–Crippen LogP) is 4.45. The van der Waals surface area contributed by atoms with Crippen LogP contribution >= 0.6 is 0 Å². The Morgan fingerprint density at radius 1 is 1.11 bits per heavy atom. The number of hydrogen-bond donors (Lipinski definition) is 1. The van der Waals surface area contributed by atoms with E-state index < -0.39 is 22.4 Å². The molecule has 1 amide bonds. The van der Waals surface area contributed by atoms with Gasteiger partial charge in [0.05, 0.1) is 11.5 Å². The Hall–Kier alpha value is -1.63.